The summed E-state index contributed by atoms with van der Waals surface area (Å²) >= 11 is 0. The summed E-state index contributed by atoms with van der Waals surface area (Å²) in [5.74, 6) is -0.0962. The lowest BCUT2D eigenvalue weighted by Gasteiger charge is -2.07. The van der Waals surface area contributed by atoms with Crippen molar-refractivity contribution in [2.75, 3.05) is 5.32 Å². The van der Waals surface area contributed by atoms with Crippen LogP contribution >= 0.6 is 0 Å². The number of para-hydroxylation sites is 1. The molecule has 3 aromatic rings. The maximum Gasteiger partial charge on any atom is 0.244 e. The maximum atomic E-state index is 12.1. The van der Waals surface area contributed by atoms with Crippen LogP contribution in [0.3, 0.4) is 0 Å². The van der Waals surface area contributed by atoms with Crippen LogP contribution in [0.4, 0.5) is 5.69 Å². The van der Waals surface area contributed by atoms with Crippen molar-refractivity contribution in [3.63, 3.8) is 0 Å². The van der Waals surface area contributed by atoms with Crippen LogP contribution in [0.1, 0.15) is 5.56 Å². The van der Waals surface area contributed by atoms with Crippen molar-refractivity contribution in [3.8, 4) is 6.07 Å². The van der Waals surface area contributed by atoms with Crippen molar-refractivity contribution in [1.82, 2.24) is 4.57 Å². The van der Waals surface area contributed by atoms with Crippen molar-refractivity contribution >= 4 is 22.5 Å². The Bertz CT molecular complexity index is 828. The number of benzene rings is 2. The van der Waals surface area contributed by atoms with Crippen molar-refractivity contribution in [2.24, 2.45) is 0 Å². The summed E-state index contributed by atoms with van der Waals surface area (Å²) in [5, 5.41) is 12.8. The Morgan fingerprint density at radius 3 is 2.67 bits per heavy atom. The second-order valence-electron chi connectivity index (χ2n) is 4.71. The summed E-state index contributed by atoms with van der Waals surface area (Å²) in [4.78, 5) is 12.1. The van der Waals surface area contributed by atoms with Gasteiger partial charge in [0.15, 0.2) is 0 Å². The van der Waals surface area contributed by atoms with E-state index in [4.69, 9.17) is 5.26 Å². The first-order valence-electron chi connectivity index (χ1n) is 6.61. The van der Waals surface area contributed by atoms with E-state index in [9.17, 15) is 4.79 Å². The molecule has 0 aliphatic carbocycles. The van der Waals surface area contributed by atoms with Crippen LogP contribution in [0.2, 0.25) is 0 Å². The van der Waals surface area contributed by atoms with Crippen molar-refractivity contribution in [1.29, 1.82) is 5.26 Å². The van der Waals surface area contributed by atoms with E-state index in [0.717, 1.165) is 16.6 Å². The molecule has 4 heteroatoms. The van der Waals surface area contributed by atoms with Gasteiger partial charge in [0.25, 0.3) is 0 Å². The molecule has 0 aliphatic rings. The van der Waals surface area contributed by atoms with E-state index in [-0.39, 0.29) is 12.5 Å². The number of nitrogens with zero attached hydrogens (tertiary/aromatic N) is 2. The highest BCUT2D eigenvalue weighted by molar-refractivity contribution is 5.92. The summed E-state index contributed by atoms with van der Waals surface area (Å²) in [6.45, 7) is 0.216. The number of rotatable bonds is 3. The molecule has 4 nitrogen and oxygen atoms in total. The van der Waals surface area contributed by atoms with Gasteiger partial charge in [0.05, 0.1) is 11.6 Å². The molecular formula is C17H13N3O. The van der Waals surface area contributed by atoms with Gasteiger partial charge >= 0.3 is 0 Å². The predicted molar refractivity (Wildman–Crippen MR) is 81.7 cm³/mol. The van der Waals surface area contributed by atoms with Crippen LogP contribution in [-0.2, 0) is 11.3 Å². The minimum Gasteiger partial charge on any atom is -0.338 e. The van der Waals surface area contributed by atoms with Gasteiger partial charge in [-0.3, -0.25) is 4.79 Å². The lowest BCUT2D eigenvalue weighted by atomic mass is 10.1. The van der Waals surface area contributed by atoms with Gasteiger partial charge < -0.3 is 9.88 Å². The lowest BCUT2D eigenvalue weighted by Crippen LogP contribution is -2.18. The Morgan fingerprint density at radius 2 is 1.90 bits per heavy atom. The number of nitriles is 1. The Hall–Kier alpha value is -3.06. The first-order valence-corrected chi connectivity index (χ1v) is 6.61. The smallest absolute Gasteiger partial charge is 0.244 e. The Kier molecular flexibility index (Phi) is 3.40. The van der Waals surface area contributed by atoms with Crippen LogP contribution in [0.25, 0.3) is 10.9 Å². The number of hydrogen-bond donors (Lipinski definition) is 1. The average Bonchev–Trinajstić information content (AvgIpc) is 2.91. The minimum absolute atomic E-state index is 0.0962. The molecule has 0 unspecified atom stereocenters. The highest BCUT2D eigenvalue weighted by Crippen LogP contribution is 2.19. The van der Waals surface area contributed by atoms with Crippen LogP contribution in [0, 0.1) is 11.3 Å². The SMILES string of the molecule is N#Cc1cccc2c1ccn2CC(=O)Nc1ccccc1. The largest absolute Gasteiger partial charge is 0.338 e. The van der Waals surface area contributed by atoms with Gasteiger partial charge in [-0.15, -0.1) is 0 Å². The number of anilines is 1. The molecule has 21 heavy (non-hydrogen) atoms. The van der Waals surface area contributed by atoms with E-state index in [0.29, 0.717) is 5.56 Å². The number of nitrogens with one attached hydrogen (secondary N) is 1. The topological polar surface area (TPSA) is 57.8 Å². The molecule has 1 amide bonds. The third-order valence-corrected chi connectivity index (χ3v) is 3.31. The van der Waals surface area contributed by atoms with E-state index in [1.165, 1.54) is 0 Å². The molecule has 0 bridgehead atoms. The van der Waals surface area contributed by atoms with Crippen molar-refractivity contribution in [3.05, 3.63) is 66.4 Å². The first kappa shape index (κ1) is 12.9. The van der Waals surface area contributed by atoms with E-state index < -0.39 is 0 Å². The molecule has 102 valence electrons. The zero-order valence-corrected chi connectivity index (χ0v) is 11.3. The fourth-order valence-electron chi connectivity index (χ4n) is 2.34. The Labute approximate surface area is 122 Å². The number of carbonyl (C=O) groups is 1. The number of amides is 1. The molecule has 0 aliphatic heterocycles. The summed E-state index contributed by atoms with van der Waals surface area (Å²) < 4.78 is 1.84. The zero-order valence-electron chi connectivity index (χ0n) is 11.3. The second kappa shape index (κ2) is 5.51. The van der Waals surface area contributed by atoms with Gasteiger partial charge in [-0.25, -0.2) is 0 Å². The first-order chi connectivity index (χ1) is 10.3. The zero-order chi connectivity index (χ0) is 14.7. The number of fused-ring (bicyclic) bond motifs is 1. The van der Waals surface area contributed by atoms with Gasteiger partial charge in [-0.2, -0.15) is 5.26 Å². The van der Waals surface area contributed by atoms with Gasteiger partial charge in [0.1, 0.15) is 6.54 Å². The average molecular weight is 275 g/mol. The number of carbonyl (C=O) groups excluding carboxylic acids is 1. The molecule has 0 atom stereocenters. The van der Waals surface area contributed by atoms with Gasteiger partial charge in [-0.05, 0) is 30.3 Å². The quantitative estimate of drug-likeness (QED) is 0.798. The highest BCUT2D eigenvalue weighted by atomic mass is 16.1. The third kappa shape index (κ3) is 2.63. The van der Waals surface area contributed by atoms with Crippen LogP contribution in [0.5, 0.6) is 0 Å². The lowest BCUT2D eigenvalue weighted by molar-refractivity contribution is -0.116. The molecule has 3 rings (SSSR count). The monoisotopic (exact) mass is 275 g/mol. The van der Waals surface area contributed by atoms with Gasteiger partial charge in [0.2, 0.25) is 5.91 Å². The van der Waals surface area contributed by atoms with E-state index in [1.807, 2.05) is 59.3 Å². The molecule has 1 heterocycles. The molecule has 0 saturated carbocycles. The van der Waals surface area contributed by atoms with Crippen molar-refractivity contribution in [2.45, 2.75) is 6.54 Å². The molecule has 2 aromatic carbocycles. The fraction of sp³-hybridized carbons (Fsp3) is 0.0588. The van der Waals surface area contributed by atoms with E-state index in [1.54, 1.807) is 6.07 Å². The van der Waals surface area contributed by atoms with E-state index >= 15 is 0 Å². The number of aromatic nitrogens is 1. The Morgan fingerprint density at radius 1 is 1.10 bits per heavy atom. The van der Waals surface area contributed by atoms with Gasteiger partial charge in [-0.1, -0.05) is 24.3 Å². The molecule has 0 spiro atoms. The third-order valence-electron chi connectivity index (χ3n) is 3.31. The number of hydrogen-bond acceptors (Lipinski definition) is 2. The van der Waals surface area contributed by atoms with Crippen LogP contribution in [-0.4, -0.2) is 10.5 Å². The molecular weight excluding hydrogens is 262 g/mol. The minimum atomic E-state index is -0.0962. The Balaban J connectivity index is 1.83. The maximum absolute atomic E-state index is 12.1. The second-order valence-corrected chi connectivity index (χ2v) is 4.71. The van der Waals surface area contributed by atoms with Crippen LogP contribution < -0.4 is 5.32 Å². The molecule has 1 N–H and O–H groups in total. The molecule has 0 radical (unpaired) electrons. The molecule has 1 aromatic heterocycles. The normalized spacial score (nSPS) is 10.2. The summed E-state index contributed by atoms with van der Waals surface area (Å²) in [6, 6.07) is 18.9. The summed E-state index contributed by atoms with van der Waals surface area (Å²) in [6.07, 6.45) is 1.83. The standard InChI is InChI=1S/C17H13N3O/c18-11-13-5-4-8-16-15(13)9-10-20(16)12-17(21)19-14-6-2-1-3-7-14/h1-10H,12H2,(H,19,21). The van der Waals surface area contributed by atoms with Gasteiger partial charge in [0, 0.05) is 22.8 Å². The fourth-order valence-corrected chi connectivity index (χ4v) is 2.34. The van der Waals surface area contributed by atoms with Crippen LogP contribution in [0.15, 0.2) is 60.8 Å². The summed E-state index contributed by atoms with van der Waals surface area (Å²) in [5.41, 5.74) is 2.28. The highest BCUT2D eigenvalue weighted by Gasteiger charge is 2.08. The van der Waals surface area contributed by atoms with E-state index in [2.05, 4.69) is 11.4 Å². The summed E-state index contributed by atoms with van der Waals surface area (Å²) in [7, 11) is 0. The molecule has 0 saturated heterocycles. The molecule has 0 fully saturated rings. The predicted octanol–water partition coefficient (Wildman–Crippen LogP) is 3.15. The van der Waals surface area contributed by atoms with Crippen molar-refractivity contribution < 1.29 is 4.79 Å².